The second-order valence-electron chi connectivity index (χ2n) is 3.16. The van der Waals surface area contributed by atoms with E-state index in [1.807, 2.05) is 6.92 Å². The zero-order valence-corrected chi connectivity index (χ0v) is 9.80. The van der Waals surface area contributed by atoms with E-state index in [9.17, 15) is 4.79 Å². The van der Waals surface area contributed by atoms with Crippen molar-refractivity contribution < 1.29 is 9.90 Å². The van der Waals surface area contributed by atoms with Crippen molar-refractivity contribution in [2.75, 3.05) is 6.54 Å². The monoisotopic (exact) mass is 251 g/mol. The fourth-order valence-corrected chi connectivity index (χ4v) is 1.07. The van der Waals surface area contributed by atoms with E-state index in [0.717, 1.165) is 19.3 Å². The van der Waals surface area contributed by atoms with Crippen LogP contribution in [0.4, 0.5) is 0 Å². The molecule has 0 bridgehead atoms. The number of alkyl halides is 1. The molecule has 4 heteroatoms. The summed E-state index contributed by atoms with van der Waals surface area (Å²) in [6.07, 6.45) is 2.08. The summed E-state index contributed by atoms with van der Waals surface area (Å²) in [6, 6.07) is 0. The van der Waals surface area contributed by atoms with Gasteiger partial charge >= 0.3 is 0 Å². The third-order valence-electron chi connectivity index (χ3n) is 1.74. The molecule has 2 atom stereocenters. The summed E-state index contributed by atoms with van der Waals surface area (Å²) in [5.41, 5.74) is 0. The van der Waals surface area contributed by atoms with Crippen LogP contribution in [0.1, 0.15) is 33.1 Å². The number of aliphatic hydroxyl groups excluding tert-OH is 1. The van der Waals surface area contributed by atoms with Crippen LogP contribution >= 0.6 is 15.9 Å². The summed E-state index contributed by atoms with van der Waals surface area (Å²) in [5, 5.41) is 11.7. The Kier molecular flexibility index (Phi) is 7.28. The first kappa shape index (κ1) is 12.9. The van der Waals surface area contributed by atoms with Crippen LogP contribution in [0, 0.1) is 0 Å². The average molecular weight is 252 g/mol. The van der Waals surface area contributed by atoms with Gasteiger partial charge in [-0.3, -0.25) is 4.79 Å². The van der Waals surface area contributed by atoms with E-state index in [4.69, 9.17) is 5.11 Å². The zero-order chi connectivity index (χ0) is 10.3. The molecule has 0 saturated carbocycles. The number of hydrogen-bond acceptors (Lipinski definition) is 2. The second kappa shape index (κ2) is 7.33. The van der Waals surface area contributed by atoms with Gasteiger partial charge in [0, 0.05) is 6.54 Å². The summed E-state index contributed by atoms with van der Waals surface area (Å²) >= 11 is 3.26. The van der Waals surface area contributed by atoms with Gasteiger partial charge in [-0.15, -0.1) is 0 Å². The van der Waals surface area contributed by atoms with Crippen LogP contribution < -0.4 is 5.32 Å². The lowest BCUT2D eigenvalue weighted by Gasteiger charge is -2.09. The lowest BCUT2D eigenvalue weighted by atomic mass is 10.2. The lowest BCUT2D eigenvalue weighted by Crippen LogP contribution is -2.31. The highest BCUT2D eigenvalue weighted by atomic mass is 79.9. The third kappa shape index (κ3) is 7.02. The fraction of sp³-hybridized carbons (Fsp3) is 0.889. The topological polar surface area (TPSA) is 49.3 Å². The molecule has 78 valence electrons. The average Bonchev–Trinajstić information content (AvgIpc) is 2.10. The highest BCUT2D eigenvalue weighted by Gasteiger charge is 2.10. The van der Waals surface area contributed by atoms with Gasteiger partial charge in [0.1, 0.15) is 0 Å². The Morgan fingerprint density at radius 2 is 2.23 bits per heavy atom. The van der Waals surface area contributed by atoms with Crippen LogP contribution in [-0.4, -0.2) is 28.5 Å². The highest BCUT2D eigenvalue weighted by Crippen LogP contribution is 2.03. The van der Waals surface area contributed by atoms with E-state index in [2.05, 4.69) is 21.2 Å². The minimum atomic E-state index is -0.275. The van der Waals surface area contributed by atoms with Crippen LogP contribution in [0.2, 0.25) is 0 Å². The van der Waals surface area contributed by atoms with Crippen LogP contribution in [0.3, 0.4) is 0 Å². The first-order chi connectivity index (χ1) is 6.07. The highest BCUT2D eigenvalue weighted by molar-refractivity contribution is 9.10. The molecular formula is C9H18BrNO2. The summed E-state index contributed by atoms with van der Waals surface area (Å²) < 4.78 is 0. The molecule has 0 aliphatic heterocycles. The molecular weight excluding hydrogens is 234 g/mol. The van der Waals surface area contributed by atoms with Crippen LogP contribution in [0.25, 0.3) is 0 Å². The molecule has 0 fully saturated rings. The van der Waals surface area contributed by atoms with E-state index < -0.39 is 0 Å². The van der Waals surface area contributed by atoms with Gasteiger partial charge in [0.25, 0.3) is 0 Å². The minimum absolute atomic E-state index is 0.0353. The summed E-state index contributed by atoms with van der Waals surface area (Å²) in [5.74, 6) is 0.0353. The predicted octanol–water partition coefficient (Wildman–Crippen LogP) is 1.44. The number of hydrogen-bond donors (Lipinski definition) is 2. The molecule has 0 saturated heterocycles. The van der Waals surface area contributed by atoms with Gasteiger partial charge in [0.15, 0.2) is 0 Å². The maximum Gasteiger partial charge on any atom is 0.233 e. The number of aliphatic hydroxyl groups is 1. The van der Waals surface area contributed by atoms with Gasteiger partial charge in [0.05, 0.1) is 10.9 Å². The van der Waals surface area contributed by atoms with Crippen molar-refractivity contribution in [1.82, 2.24) is 5.32 Å². The molecule has 0 aromatic heterocycles. The molecule has 0 aliphatic carbocycles. The quantitative estimate of drug-likeness (QED) is 0.555. The Morgan fingerprint density at radius 3 is 2.69 bits per heavy atom. The summed E-state index contributed by atoms with van der Waals surface area (Å²) in [6.45, 7) is 4.35. The van der Waals surface area contributed by atoms with Crippen molar-refractivity contribution in [3.63, 3.8) is 0 Å². The number of carbonyl (C=O) groups is 1. The SMILES string of the molecule is CCC(Br)C(=O)NCCCC(C)O. The Morgan fingerprint density at radius 1 is 1.62 bits per heavy atom. The molecule has 0 spiro atoms. The maximum atomic E-state index is 11.2. The summed E-state index contributed by atoms with van der Waals surface area (Å²) in [4.78, 5) is 11.1. The van der Waals surface area contributed by atoms with Gasteiger partial charge < -0.3 is 10.4 Å². The normalized spacial score (nSPS) is 15.1. The van der Waals surface area contributed by atoms with Crippen molar-refractivity contribution in [2.24, 2.45) is 0 Å². The van der Waals surface area contributed by atoms with E-state index in [-0.39, 0.29) is 16.8 Å². The second-order valence-corrected chi connectivity index (χ2v) is 4.26. The maximum absolute atomic E-state index is 11.2. The third-order valence-corrected chi connectivity index (χ3v) is 2.80. The largest absolute Gasteiger partial charge is 0.393 e. The zero-order valence-electron chi connectivity index (χ0n) is 8.22. The molecule has 1 amide bonds. The Hall–Kier alpha value is -0.0900. The van der Waals surface area contributed by atoms with Crippen molar-refractivity contribution in [1.29, 1.82) is 0 Å². The molecule has 3 nitrogen and oxygen atoms in total. The lowest BCUT2D eigenvalue weighted by molar-refractivity contribution is -0.120. The van der Waals surface area contributed by atoms with E-state index in [0.29, 0.717) is 6.54 Å². The smallest absolute Gasteiger partial charge is 0.233 e. The van der Waals surface area contributed by atoms with Gasteiger partial charge in [0.2, 0.25) is 5.91 Å². The van der Waals surface area contributed by atoms with Gasteiger partial charge in [-0.2, -0.15) is 0 Å². The number of rotatable bonds is 6. The van der Waals surface area contributed by atoms with Crippen LogP contribution in [0.15, 0.2) is 0 Å². The number of halogens is 1. The van der Waals surface area contributed by atoms with Crippen molar-refractivity contribution >= 4 is 21.8 Å². The number of nitrogens with one attached hydrogen (secondary N) is 1. The molecule has 0 heterocycles. The van der Waals surface area contributed by atoms with E-state index in [1.165, 1.54) is 0 Å². The van der Waals surface area contributed by atoms with Crippen molar-refractivity contribution in [3.05, 3.63) is 0 Å². The molecule has 0 aromatic rings. The molecule has 13 heavy (non-hydrogen) atoms. The minimum Gasteiger partial charge on any atom is -0.393 e. The molecule has 0 aliphatic rings. The molecule has 0 rings (SSSR count). The molecule has 2 unspecified atom stereocenters. The number of carbonyl (C=O) groups excluding carboxylic acids is 1. The van der Waals surface area contributed by atoms with Crippen molar-refractivity contribution in [3.8, 4) is 0 Å². The van der Waals surface area contributed by atoms with E-state index >= 15 is 0 Å². The van der Waals surface area contributed by atoms with Gasteiger partial charge in [-0.25, -0.2) is 0 Å². The van der Waals surface area contributed by atoms with Crippen molar-refractivity contribution in [2.45, 2.75) is 44.0 Å². The Bertz CT molecular complexity index is 151. The predicted molar refractivity (Wildman–Crippen MR) is 56.9 cm³/mol. The number of amides is 1. The first-order valence-electron chi connectivity index (χ1n) is 4.67. The van der Waals surface area contributed by atoms with Gasteiger partial charge in [-0.1, -0.05) is 22.9 Å². The fourth-order valence-electron chi connectivity index (χ4n) is 0.905. The molecule has 0 radical (unpaired) electrons. The van der Waals surface area contributed by atoms with E-state index in [1.54, 1.807) is 6.92 Å². The van der Waals surface area contributed by atoms with Crippen LogP contribution in [-0.2, 0) is 4.79 Å². The Labute approximate surface area is 88.0 Å². The first-order valence-corrected chi connectivity index (χ1v) is 5.59. The van der Waals surface area contributed by atoms with Crippen LogP contribution in [0.5, 0.6) is 0 Å². The summed E-state index contributed by atoms with van der Waals surface area (Å²) in [7, 11) is 0. The standard InChI is InChI=1S/C9H18BrNO2/c1-3-8(10)9(13)11-6-4-5-7(2)12/h7-8,12H,3-6H2,1-2H3,(H,11,13). The Balaban J connectivity index is 3.37. The van der Waals surface area contributed by atoms with Gasteiger partial charge in [-0.05, 0) is 26.2 Å². The molecule has 2 N–H and O–H groups in total. The molecule has 0 aromatic carbocycles.